The molecule has 108 valence electrons. The maximum absolute atomic E-state index is 9.19. The highest BCUT2D eigenvalue weighted by Gasteiger charge is 2.30. The second kappa shape index (κ2) is 5.19. The standard InChI is InChI=1S/C11H17N7O2/c1-13-17-11-16-8-9(12)14-5-15-10(8)18(11)7-3-2-6(4-19)20-7/h5-7,13,19H,2-4H2,1H3,(H,16,17)(H2,12,14,15). The number of aliphatic hydroxyl groups excluding tert-OH is 1. The van der Waals surface area contributed by atoms with Crippen molar-refractivity contribution in [3.63, 3.8) is 0 Å². The molecule has 0 aliphatic carbocycles. The van der Waals surface area contributed by atoms with Crippen molar-refractivity contribution >= 4 is 22.9 Å². The minimum atomic E-state index is -0.234. The zero-order chi connectivity index (χ0) is 14.1. The predicted octanol–water partition coefficient (Wildman–Crippen LogP) is -0.375. The molecule has 3 rings (SSSR count). The van der Waals surface area contributed by atoms with Crippen molar-refractivity contribution in [2.45, 2.75) is 25.2 Å². The number of nitrogens with zero attached hydrogens (tertiary/aromatic N) is 4. The van der Waals surface area contributed by atoms with E-state index in [2.05, 4.69) is 25.8 Å². The fourth-order valence-electron chi connectivity index (χ4n) is 2.41. The van der Waals surface area contributed by atoms with Crippen molar-refractivity contribution in [2.75, 3.05) is 24.8 Å². The molecule has 1 aliphatic heterocycles. The van der Waals surface area contributed by atoms with E-state index in [4.69, 9.17) is 10.5 Å². The Morgan fingerprint density at radius 3 is 3.05 bits per heavy atom. The molecule has 0 amide bonds. The van der Waals surface area contributed by atoms with E-state index in [0.29, 0.717) is 22.9 Å². The van der Waals surface area contributed by atoms with E-state index in [-0.39, 0.29) is 18.9 Å². The third-order valence-electron chi connectivity index (χ3n) is 3.32. The quantitative estimate of drug-likeness (QED) is 0.559. The molecule has 5 N–H and O–H groups in total. The first kappa shape index (κ1) is 13.0. The number of nitrogens with two attached hydrogens (primary N) is 1. The van der Waals surface area contributed by atoms with Gasteiger partial charge >= 0.3 is 0 Å². The number of nitrogens with one attached hydrogen (secondary N) is 2. The average molecular weight is 279 g/mol. The number of hydrazine groups is 1. The topological polar surface area (TPSA) is 123 Å². The number of nitrogen functional groups attached to an aromatic ring is 1. The largest absolute Gasteiger partial charge is 0.394 e. The molecule has 2 atom stereocenters. The summed E-state index contributed by atoms with van der Waals surface area (Å²) in [7, 11) is 1.74. The molecular weight excluding hydrogens is 262 g/mol. The van der Waals surface area contributed by atoms with Crippen LogP contribution in [0.25, 0.3) is 11.2 Å². The molecule has 9 nitrogen and oxygen atoms in total. The van der Waals surface area contributed by atoms with Crippen molar-refractivity contribution in [1.29, 1.82) is 0 Å². The molecule has 0 saturated carbocycles. The third kappa shape index (κ3) is 2.05. The summed E-state index contributed by atoms with van der Waals surface area (Å²) in [5.41, 5.74) is 12.7. The van der Waals surface area contributed by atoms with Gasteiger partial charge in [0.15, 0.2) is 17.0 Å². The van der Waals surface area contributed by atoms with Gasteiger partial charge in [0.25, 0.3) is 0 Å². The second-order valence-electron chi connectivity index (χ2n) is 4.58. The Labute approximate surface area is 115 Å². The summed E-state index contributed by atoms with van der Waals surface area (Å²) in [4.78, 5) is 12.6. The van der Waals surface area contributed by atoms with Crippen molar-refractivity contribution in [3.8, 4) is 0 Å². The van der Waals surface area contributed by atoms with Gasteiger partial charge in [-0.25, -0.2) is 20.4 Å². The molecule has 2 unspecified atom stereocenters. The van der Waals surface area contributed by atoms with Gasteiger partial charge in [-0.1, -0.05) is 0 Å². The van der Waals surface area contributed by atoms with Gasteiger partial charge in [0.2, 0.25) is 5.95 Å². The van der Waals surface area contributed by atoms with Gasteiger partial charge in [-0.2, -0.15) is 0 Å². The van der Waals surface area contributed by atoms with Crippen molar-refractivity contribution in [3.05, 3.63) is 6.33 Å². The van der Waals surface area contributed by atoms with Crippen LogP contribution in [0, 0.1) is 0 Å². The Balaban J connectivity index is 2.07. The summed E-state index contributed by atoms with van der Waals surface area (Å²) < 4.78 is 7.63. The molecule has 0 spiro atoms. The van der Waals surface area contributed by atoms with E-state index < -0.39 is 0 Å². The Morgan fingerprint density at radius 2 is 2.35 bits per heavy atom. The van der Waals surface area contributed by atoms with E-state index in [9.17, 15) is 5.11 Å². The zero-order valence-electron chi connectivity index (χ0n) is 11.1. The normalized spacial score (nSPS) is 22.5. The summed E-state index contributed by atoms with van der Waals surface area (Å²) in [5, 5.41) is 9.19. The molecule has 0 radical (unpaired) electrons. The number of fused-ring (bicyclic) bond motifs is 1. The first-order valence-corrected chi connectivity index (χ1v) is 6.42. The van der Waals surface area contributed by atoms with Gasteiger partial charge in [0.1, 0.15) is 12.6 Å². The van der Waals surface area contributed by atoms with Crippen molar-refractivity contribution in [2.24, 2.45) is 0 Å². The molecule has 3 heterocycles. The van der Waals surface area contributed by atoms with Crippen LogP contribution in [0.5, 0.6) is 0 Å². The van der Waals surface area contributed by atoms with Gasteiger partial charge in [-0.3, -0.25) is 9.99 Å². The zero-order valence-corrected chi connectivity index (χ0v) is 11.1. The number of aliphatic hydroxyl groups is 1. The van der Waals surface area contributed by atoms with Crippen LogP contribution in [0.1, 0.15) is 19.1 Å². The Hall–Kier alpha value is -1.97. The minimum absolute atomic E-state index is 0.00897. The molecule has 2 aromatic heterocycles. The number of anilines is 2. The predicted molar refractivity (Wildman–Crippen MR) is 72.6 cm³/mol. The highest BCUT2D eigenvalue weighted by atomic mass is 16.5. The first-order chi connectivity index (χ1) is 9.74. The van der Waals surface area contributed by atoms with Crippen molar-refractivity contribution < 1.29 is 9.84 Å². The summed E-state index contributed by atoms with van der Waals surface area (Å²) >= 11 is 0. The molecule has 20 heavy (non-hydrogen) atoms. The van der Waals surface area contributed by atoms with Gasteiger partial charge in [-0.15, -0.1) is 0 Å². The number of hydrogen-bond acceptors (Lipinski definition) is 8. The smallest absolute Gasteiger partial charge is 0.222 e. The molecule has 1 saturated heterocycles. The second-order valence-corrected chi connectivity index (χ2v) is 4.58. The molecule has 0 bridgehead atoms. The van der Waals surface area contributed by atoms with Gasteiger partial charge in [0.05, 0.1) is 12.7 Å². The lowest BCUT2D eigenvalue weighted by Gasteiger charge is -2.17. The van der Waals surface area contributed by atoms with E-state index in [1.807, 2.05) is 4.57 Å². The van der Waals surface area contributed by atoms with E-state index >= 15 is 0 Å². The van der Waals surface area contributed by atoms with Crippen LogP contribution in [-0.2, 0) is 4.74 Å². The fraction of sp³-hybridized carbons (Fsp3) is 0.545. The van der Waals surface area contributed by atoms with E-state index in [1.54, 1.807) is 7.05 Å². The van der Waals surface area contributed by atoms with Crippen LogP contribution in [-0.4, -0.2) is 44.4 Å². The average Bonchev–Trinajstić information content (AvgIpc) is 3.03. The number of ether oxygens (including phenoxy) is 1. The summed E-state index contributed by atoms with van der Waals surface area (Å²) in [6.45, 7) is 0.00897. The lowest BCUT2D eigenvalue weighted by Crippen LogP contribution is -2.22. The van der Waals surface area contributed by atoms with Crippen LogP contribution < -0.4 is 16.6 Å². The van der Waals surface area contributed by atoms with E-state index in [0.717, 1.165) is 12.8 Å². The SMILES string of the molecule is CNNc1nc2c(N)ncnc2n1C1CCC(CO)O1. The van der Waals surface area contributed by atoms with Crippen LogP contribution in [0.2, 0.25) is 0 Å². The van der Waals surface area contributed by atoms with Crippen molar-refractivity contribution in [1.82, 2.24) is 24.9 Å². The Bertz CT molecular complexity index is 614. The monoisotopic (exact) mass is 279 g/mol. The summed E-state index contributed by atoms with van der Waals surface area (Å²) in [6, 6.07) is 0. The van der Waals surface area contributed by atoms with Gasteiger partial charge in [-0.05, 0) is 12.8 Å². The Kier molecular flexibility index (Phi) is 3.38. The third-order valence-corrected chi connectivity index (χ3v) is 3.32. The minimum Gasteiger partial charge on any atom is -0.394 e. The molecule has 1 fully saturated rings. The number of rotatable bonds is 4. The van der Waals surface area contributed by atoms with E-state index in [1.165, 1.54) is 6.33 Å². The maximum atomic E-state index is 9.19. The van der Waals surface area contributed by atoms with Gasteiger partial charge in [0, 0.05) is 7.05 Å². The van der Waals surface area contributed by atoms with Gasteiger partial charge < -0.3 is 15.6 Å². The first-order valence-electron chi connectivity index (χ1n) is 6.42. The lowest BCUT2D eigenvalue weighted by atomic mass is 10.2. The highest BCUT2D eigenvalue weighted by molar-refractivity contribution is 5.83. The Morgan fingerprint density at radius 1 is 1.50 bits per heavy atom. The summed E-state index contributed by atoms with van der Waals surface area (Å²) in [5.74, 6) is 0.878. The highest BCUT2D eigenvalue weighted by Crippen LogP contribution is 2.33. The molecule has 1 aliphatic rings. The number of hydrogen-bond donors (Lipinski definition) is 4. The number of imidazole rings is 1. The fourth-order valence-corrected chi connectivity index (χ4v) is 2.41. The van der Waals surface area contributed by atoms with Crippen LogP contribution in [0.4, 0.5) is 11.8 Å². The van der Waals surface area contributed by atoms with Crippen LogP contribution in [0.3, 0.4) is 0 Å². The molecular formula is C11H17N7O2. The van der Waals surface area contributed by atoms with Crippen LogP contribution >= 0.6 is 0 Å². The molecule has 9 heteroatoms. The summed E-state index contributed by atoms with van der Waals surface area (Å²) in [6.07, 6.45) is 2.58. The molecule has 0 aromatic carbocycles. The maximum Gasteiger partial charge on any atom is 0.222 e. The number of aromatic nitrogens is 4. The van der Waals surface area contributed by atoms with Crippen LogP contribution in [0.15, 0.2) is 6.33 Å². The molecule has 2 aromatic rings. The lowest BCUT2D eigenvalue weighted by molar-refractivity contribution is -0.0198.